The lowest BCUT2D eigenvalue weighted by molar-refractivity contribution is 0.356. The summed E-state index contributed by atoms with van der Waals surface area (Å²) in [7, 11) is 0. The van der Waals surface area contributed by atoms with E-state index in [2.05, 4.69) is 54.2 Å². The molecule has 2 aromatic rings. The Balaban J connectivity index is 1.67. The van der Waals surface area contributed by atoms with Gasteiger partial charge in [0.1, 0.15) is 5.75 Å². The van der Waals surface area contributed by atoms with Crippen molar-refractivity contribution < 1.29 is 4.74 Å². The number of fused-ring (bicyclic) bond motifs is 1. The molecule has 1 aliphatic rings. The van der Waals surface area contributed by atoms with Crippen molar-refractivity contribution in [2.24, 2.45) is 0 Å². The fourth-order valence-electron chi connectivity index (χ4n) is 3.04. The summed E-state index contributed by atoms with van der Waals surface area (Å²) in [6, 6.07) is 9.78. The molecule has 2 unspecified atom stereocenters. The van der Waals surface area contributed by atoms with E-state index in [1.54, 1.807) is 11.3 Å². The normalized spacial score (nSPS) is 16.3. The molecule has 0 aliphatic carbocycles. The van der Waals surface area contributed by atoms with Crippen LogP contribution >= 0.6 is 11.3 Å². The van der Waals surface area contributed by atoms with Crippen molar-refractivity contribution in [2.75, 3.05) is 6.61 Å². The summed E-state index contributed by atoms with van der Waals surface area (Å²) in [6.45, 7) is 5.35. The zero-order chi connectivity index (χ0) is 14.7. The fraction of sp³-hybridized carbons (Fsp3) is 0.444. The molecule has 2 heterocycles. The zero-order valence-electron chi connectivity index (χ0n) is 12.8. The monoisotopic (exact) mass is 301 g/mol. The molecule has 2 nitrogen and oxygen atoms in total. The van der Waals surface area contributed by atoms with Crippen LogP contribution in [0.2, 0.25) is 0 Å². The van der Waals surface area contributed by atoms with Crippen molar-refractivity contribution in [1.29, 1.82) is 0 Å². The third kappa shape index (κ3) is 3.47. The summed E-state index contributed by atoms with van der Waals surface area (Å²) in [5.74, 6) is 1.07. The highest BCUT2D eigenvalue weighted by Gasteiger charge is 2.17. The number of benzene rings is 1. The second-order valence-electron chi connectivity index (χ2n) is 5.83. The Hall–Kier alpha value is -1.32. The van der Waals surface area contributed by atoms with Crippen molar-refractivity contribution in [2.45, 2.75) is 45.2 Å². The first-order chi connectivity index (χ1) is 10.3. The number of thiophene rings is 1. The van der Waals surface area contributed by atoms with Crippen LogP contribution in [0.1, 0.15) is 43.0 Å². The largest absolute Gasteiger partial charge is 0.493 e. The molecule has 0 saturated carbocycles. The third-order valence-electron chi connectivity index (χ3n) is 4.13. The molecule has 2 atom stereocenters. The lowest BCUT2D eigenvalue weighted by Gasteiger charge is -2.23. The summed E-state index contributed by atoms with van der Waals surface area (Å²) in [6.07, 6.45) is 3.24. The number of hydrogen-bond acceptors (Lipinski definition) is 3. The van der Waals surface area contributed by atoms with Gasteiger partial charge in [0.05, 0.1) is 6.61 Å². The first kappa shape index (κ1) is 14.6. The standard InChI is InChI=1S/C18H23NOS/c1-3-17(19-13(2)10-14-7-9-21-12-14)15-4-5-18-16(11-15)6-8-20-18/h4-5,7,9,11-13,17,19H,3,6,8,10H2,1-2H3. The maximum Gasteiger partial charge on any atom is 0.122 e. The first-order valence-electron chi connectivity index (χ1n) is 7.79. The van der Waals surface area contributed by atoms with Gasteiger partial charge in [-0.05, 0) is 59.3 Å². The molecule has 0 amide bonds. The van der Waals surface area contributed by atoms with E-state index in [-0.39, 0.29) is 0 Å². The van der Waals surface area contributed by atoms with Crippen LogP contribution in [0.15, 0.2) is 35.0 Å². The van der Waals surface area contributed by atoms with Gasteiger partial charge in [-0.15, -0.1) is 0 Å². The van der Waals surface area contributed by atoms with E-state index >= 15 is 0 Å². The number of nitrogens with one attached hydrogen (secondary N) is 1. The van der Waals surface area contributed by atoms with Crippen molar-refractivity contribution in [3.05, 3.63) is 51.7 Å². The second-order valence-corrected chi connectivity index (χ2v) is 6.61. The highest BCUT2D eigenvalue weighted by atomic mass is 32.1. The maximum absolute atomic E-state index is 5.60. The quantitative estimate of drug-likeness (QED) is 0.856. The van der Waals surface area contributed by atoms with E-state index in [0.717, 1.165) is 31.6 Å². The van der Waals surface area contributed by atoms with Gasteiger partial charge in [-0.25, -0.2) is 0 Å². The van der Waals surface area contributed by atoms with E-state index in [1.165, 1.54) is 16.7 Å². The van der Waals surface area contributed by atoms with Crippen molar-refractivity contribution in [1.82, 2.24) is 5.32 Å². The summed E-state index contributed by atoms with van der Waals surface area (Å²) in [4.78, 5) is 0. The van der Waals surface area contributed by atoms with Gasteiger partial charge in [0, 0.05) is 18.5 Å². The van der Waals surface area contributed by atoms with E-state index in [1.807, 2.05) is 0 Å². The predicted octanol–water partition coefficient (Wildman–Crippen LogP) is 4.35. The molecule has 0 bridgehead atoms. The molecule has 1 aromatic carbocycles. The molecule has 0 radical (unpaired) electrons. The van der Waals surface area contributed by atoms with E-state index < -0.39 is 0 Å². The molecule has 112 valence electrons. The summed E-state index contributed by atoms with van der Waals surface area (Å²) in [5.41, 5.74) is 4.18. The van der Waals surface area contributed by atoms with Gasteiger partial charge in [0.15, 0.2) is 0 Å². The molecule has 0 spiro atoms. The SMILES string of the molecule is CCC(NC(C)Cc1ccsc1)c1ccc2c(c1)CCO2. The van der Waals surface area contributed by atoms with Gasteiger partial charge in [0.25, 0.3) is 0 Å². The summed E-state index contributed by atoms with van der Waals surface area (Å²) >= 11 is 1.77. The zero-order valence-corrected chi connectivity index (χ0v) is 13.6. The highest BCUT2D eigenvalue weighted by Crippen LogP contribution is 2.29. The first-order valence-corrected chi connectivity index (χ1v) is 8.73. The minimum atomic E-state index is 0.421. The van der Waals surface area contributed by atoms with Crippen LogP contribution in [0.25, 0.3) is 0 Å². The van der Waals surface area contributed by atoms with E-state index in [9.17, 15) is 0 Å². The number of rotatable bonds is 6. The van der Waals surface area contributed by atoms with E-state index in [0.29, 0.717) is 12.1 Å². The molecule has 0 saturated heterocycles. The molecule has 1 N–H and O–H groups in total. The third-order valence-corrected chi connectivity index (χ3v) is 4.86. The number of ether oxygens (including phenoxy) is 1. The Labute approximate surface area is 131 Å². The molecular weight excluding hydrogens is 278 g/mol. The Morgan fingerprint density at radius 2 is 2.24 bits per heavy atom. The van der Waals surface area contributed by atoms with Gasteiger partial charge >= 0.3 is 0 Å². The van der Waals surface area contributed by atoms with Crippen LogP contribution in [0.5, 0.6) is 5.75 Å². The molecule has 21 heavy (non-hydrogen) atoms. The maximum atomic E-state index is 5.60. The molecule has 3 rings (SSSR count). The summed E-state index contributed by atoms with van der Waals surface area (Å²) in [5, 5.41) is 8.17. The predicted molar refractivity (Wildman–Crippen MR) is 89.3 cm³/mol. The van der Waals surface area contributed by atoms with Gasteiger partial charge in [-0.3, -0.25) is 0 Å². The molecule has 1 aromatic heterocycles. The van der Waals surface area contributed by atoms with Gasteiger partial charge < -0.3 is 10.1 Å². The van der Waals surface area contributed by atoms with E-state index in [4.69, 9.17) is 4.74 Å². The van der Waals surface area contributed by atoms with Crippen LogP contribution in [0.3, 0.4) is 0 Å². The minimum absolute atomic E-state index is 0.421. The van der Waals surface area contributed by atoms with Crippen molar-refractivity contribution >= 4 is 11.3 Å². The Morgan fingerprint density at radius 3 is 3.00 bits per heavy atom. The van der Waals surface area contributed by atoms with Crippen LogP contribution < -0.4 is 10.1 Å². The van der Waals surface area contributed by atoms with Crippen molar-refractivity contribution in [3.63, 3.8) is 0 Å². The van der Waals surface area contributed by atoms with Crippen molar-refractivity contribution in [3.8, 4) is 5.75 Å². The average molecular weight is 301 g/mol. The Morgan fingerprint density at radius 1 is 1.33 bits per heavy atom. The smallest absolute Gasteiger partial charge is 0.122 e. The molecule has 3 heteroatoms. The topological polar surface area (TPSA) is 21.3 Å². The van der Waals surface area contributed by atoms with Gasteiger partial charge in [-0.2, -0.15) is 11.3 Å². The Bertz CT molecular complexity index is 579. The average Bonchev–Trinajstić information content (AvgIpc) is 3.14. The molecule has 1 aliphatic heterocycles. The van der Waals surface area contributed by atoms with Gasteiger partial charge in [0.2, 0.25) is 0 Å². The van der Waals surface area contributed by atoms with Crippen LogP contribution in [-0.2, 0) is 12.8 Å². The lowest BCUT2D eigenvalue weighted by atomic mass is 9.99. The molecular formula is C18H23NOS. The molecule has 0 fully saturated rings. The minimum Gasteiger partial charge on any atom is -0.493 e. The number of hydrogen-bond donors (Lipinski definition) is 1. The summed E-state index contributed by atoms with van der Waals surface area (Å²) < 4.78 is 5.60. The highest BCUT2D eigenvalue weighted by molar-refractivity contribution is 7.07. The lowest BCUT2D eigenvalue weighted by Crippen LogP contribution is -2.31. The van der Waals surface area contributed by atoms with Crippen LogP contribution in [0.4, 0.5) is 0 Å². The van der Waals surface area contributed by atoms with Gasteiger partial charge in [-0.1, -0.05) is 19.1 Å². The van der Waals surface area contributed by atoms with Crippen LogP contribution in [0, 0.1) is 0 Å². The second kappa shape index (κ2) is 6.63. The fourth-order valence-corrected chi connectivity index (χ4v) is 3.72. The Kier molecular flexibility index (Phi) is 4.61. The van der Waals surface area contributed by atoms with Crippen LogP contribution in [-0.4, -0.2) is 12.6 Å².